The number of nitrogens with zero attached hydrogens (tertiary/aromatic N) is 1. The van der Waals surface area contributed by atoms with Crippen molar-refractivity contribution in [3.8, 4) is 5.75 Å². The molecule has 0 aliphatic heterocycles. The molecule has 1 aromatic heterocycles. The fourth-order valence-corrected chi connectivity index (χ4v) is 2.53. The predicted molar refractivity (Wildman–Crippen MR) is 99.0 cm³/mol. The minimum Gasteiger partial charge on any atom is -0.481 e. The summed E-state index contributed by atoms with van der Waals surface area (Å²) in [6.45, 7) is 3.43. The van der Waals surface area contributed by atoms with E-state index in [9.17, 15) is 19.7 Å². The van der Waals surface area contributed by atoms with Crippen LogP contribution in [0.5, 0.6) is 5.75 Å². The molecule has 0 bridgehead atoms. The lowest BCUT2D eigenvalue weighted by molar-refractivity contribution is -0.386. The van der Waals surface area contributed by atoms with Crippen LogP contribution < -0.4 is 15.7 Å². The van der Waals surface area contributed by atoms with Crippen molar-refractivity contribution in [3.05, 3.63) is 74.6 Å². The monoisotopic (exact) mass is 368 g/mol. The van der Waals surface area contributed by atoms with Crippen molar-refractivity contribution in [2.24, 2.45) is 0 Å². The van der Waals surface area contributed by atoms with E-state index >= 15 is 0 Å². The number of aryl methyl sites for hydroxylation is 1. The van der Waals surface area contributed by atoms with Crippen LogP contribution in [0.1, 0.15) is 12.5 Å². The number of carbonyl (C=O) groups excluding carboxylic acids is 1. The molecule has 0 unspecified atom stereocenters. The molecule has 0 radical (unpaired) electrons. The van der Waals surface area contributed by atoms with Gasteiger partial charge < -0.3 is 14.5 Å². The Morgan fingerprint density at radius 2 is 1.85 bits per heavy atom. The number of rotatable bonds is 5. The number of fused-ring (bicyclic) bond motifs is 1. The second kappa shape index (κ2) is 7.28. The van der Waals surface area contributed by atoms with Gasteiger partial charge in [0.05, 0.1) is 4.92 Å². The molecule has 0 aliphatic rings. The Labute approximate surface area is 153 Å². The highest BCUT2D eigenvalue weighted by molar-refractivity contribution is 6.05. The minimum atomic E-state index is -1.14. The van der Waals surface area contributed by atoms with Gasteiger partial charge in [0.2, 0.25) is 0 Å². The fraction of sp³-hybridized carbons (Fsp3) is 0.158. The summed E-state index contributed by atoms with van der Waals surface area (Å²) in [5.74, 6) is -0.149. The van der Waals surface area contributed by atoms with Gasteiger partial charge in [-0.1, -0.05) is 29.8 Å². The Balaban J connectivity index is 1.94. The van der Waals surface area contributed by atoms with Crippen molar-refractivity contribution < 1.29 is 18.9 Å². The first-order chi connectivity index (χ1) is 12.9. The largest absolute Gasteiger partial charge is 0.481 e. The molecule has 3 rings (SSSR count). The summed E-state index contributed by atoms with van der Waals surface area (Å²) >= 11 is 0. The normalized spacial score (nSPS) is 11.8. The number of hydrogen-bond donors (Lipinski definition) is 1. The lowest BCUT2D eigenvalue weighted by Crippen LogP contribution is -2.31. The Bertz CT molecular complexity index is 1070. The Hall–Kier alpha value is -3.68. The highest BCUT2D eigenvalue weighted by Gasteiger charge is 2.27. The van der Waals surface area contributed by atoms with Gasteiger partial charge in [0, 0.05) is 5.39 Å². The fourth-order valence-electron chi connectivity index (χ4n) is 2.53. The highest BCUT2D eigenvalue weighted by atomic mass is 16.6. The number of nitrogens with one attached hydrogen (secondary N) is 1. The predicted octanol–water partition coefficient (Wildman–Crippen LogP) is 3.42. The van der Waals surface area contributed by atoms with E-state index in [1.54, 1.807) is 24.3 Å². The average Bonchev–Trinajstić information content (AvgIpc) is 2.63. The zero-order valence-corrected chi connectivity index (χ0v) is 14.6. The van der Waals surface area contributed by atoms with Crippen LogP contribution in [0.2, 0.25) is 0 Å². The van der Waals surface area contributed by atoms with E-state index < -0.39 is 28.2 Å². The first-order valence-electron chi connectivity index (χ1n) is 8.11. The summed E-state index contributed by atoms with van der Waals surface area (Å²) in [7, 11) is 0. The molecule has 0 saturated carbocycles. The Kier molecular flexibility index (Phi) is 4.89. The van der Waals surface area contributed by atoms with E-state index in [0.717, 1.165) is 5.56 Å². The molecule has 1 heterocycles. The zero-order valence-electron chi connectivity index (χ0n) is 14.6. The SMILES string of the molecule is Cc1ccc(O[C@H](C)C(=O)Nc2c([N+](=O)[O-])c(=O)oc3ccccc23)cc1. The van der Waals surface area contributed by atoms with Gasteiger partial charge in [-0.05, 0) is 38.1 Å². The molecule has 2 aromatic carbocycles. The van der Waals surface area contributed by atoms with Crippen LogP contribution in [0.25, 0.3) is 11.0 Å². The molecule has 1 atom stereocenters. The van der Waals surface area contributed by atoms with Crippen molar-refractivity contribution in [1.82, 2.24) is 0 Å². The lowest BCUT2D eigenvalue weighted by Gasteiger charge is -2.15. The van der Waals surface area contributed by atoms with Crippen LogP contribution in [-0.2, 0) is 4.79 Å². The number of benzene rings is 2. The third-order valence-corrected chi connectivity index (χ3v) is 3.92. The van der Waals surface area contributed by atoms with Gasteiger partial charge in [-0.3, -0.25) is 14.9 Å². The molecule has 0 aliphatic carbocycles. The van der Waals surface area contributed by atoms with Gasteiger partial charge in [0.15, 0.2) is 6.10 Å². The second-order valence-electron chi connectivity index (χ2n) is 5.93. The summed E-state index contributed by atoms with van der Waals surface area (Å²) in [6, 6.07) is 13.3. The number of amides is 1. The molecule has 8 nitrogen and oxygen atoms in total. The summed E-state index contributed by atoms with van der Waals surface area (Å²) in [4.78, 5) is 34.9. The van der Waals surface area contributed by atoms with Crippen molar-refractivity contribution in [1.29, 1.82) is 0 Å². The van der Waals surface area contributed by atoms with E-state index in [-0.39, 0.29) is 16.7 Å². The van der Waals surface area contributed by atoms with E-state index in [1.807, 2.05) is 19.1 Å². The van der Waals surface area contributed by atoms with Crippen LogP contribution in [0.3, 0.4) is 0 Å². The van der Waals surface area contributed by atoms with Crippen molar-refractivity contribution in [2.45, 2.75) is 20.0 Å². The van der Waals surface area contributed by atoms with Crippen LogP contribution in [-0.4, -0.2) is 16.9 Å². The van der Waals surface area contributed by atoms with E-state index in [4.69, 9.17) is 9.15 Å². The molecule has 3 aromatic rings. The summed E-state index contributed by atoms with van der Waals surface area (Å²) in [6.07, 6.45) is -0.946. The maximum Gasteiger partial charge on any atom is 0.417 e. The van der Waals surface area contributed by atoms with Gasteiger partial charge in [0.25, 0.3) is 5.91 Å². The van der Waals surface area contributed by atoms with Crippen molar-refractivity contribution >= 4 is 28.3 Å². The quantitative estimate of drug-likeness (QED) is 0.419. The van der Waals surface area contributed by atoms with Gasteiger partial charge in [-0.15, -0.1) is 0 Å². The topological polar surface area (TPSA) is 112 Å². The summed E-state index contributed by atoms with van der Waals surface area (Å²) in [5.41, 5.74) is -1.00. The third-order valence-electron chi connectivity index (χ3n) is 3.92. The molecule has 1 amide bonds. The lowest BCUT2D eigenvalue weighted by atomic mass is 10.1. The molecule has 27 heavy (non-hydrogen) atoms. The molecule has 1 N–H and O–H groups in total. The zero-order chi connectivity index (χ0) is 19.6. The average molecular weight is 368 g/mol. The van der Waals surface area contributed by atoms with E-state index in [1.165, 1.54) is 19.1 Å². The van der Waals surface area contributed by atoms with Crippen molar-refractivity contribution in [3.63, 3.8) is 0 Å². The van der Waals surface area contributed by atoms with Crippen LogP contribution in [0, 0.1) is 17.0 Å². The summed E-state index contributed by atoms with van der Waals surface area (Å²) < 4.78 is 10.5. The summed E-state index contributed by atoms with van der Waals surface area (Å²) in [5, 5.41) is 14.0. The third kappa shape index (κ3) is 3.79. The number of carbonyl (C=O) groups is 1. The molecule has 138 valence electrons. The molecule has 0 spiro atoms. The van der Waals surface area contributed by atoms with Crippen LogP contribution >= 0.6 is 0 Å². The smallest absolute Gasteiger partial charge is 0.417 e. The first kappa shape index (κ1) is 18.1. The molecule has 0 saturated heterocycles. The highest BCUT2D eigenvalue weighted by Crippen LogP contribution is 2.30. The Morgan fingerprint density at radius 3 is 2.52 bits per heavy atom. The number of ether oxygens (including phenoxy) is 1. The minimum absolute atomic E-state index is 0.135. The molecule has 8 heteroatoms. The molecular weight excluding hydrogens is 352 g/mol. The van der Waals surface area contributed by atoms with Gasteiger partial charge in [-0.25, -0.2) is 4.79 Å². The number of nitro groups is 1. The standard InChI is InChI=1S/C19H16N2O6/c1-11-7-9-13(10-8-11)26-12(2)18(22)20-16-14-5-3-4-6-15(14)27-19(23)17(16)21(24)25/h3-10,12H,1-2H3,(H,20,22)/t12-/m1/s1. The molecule has 0 fully saturated rings. The second-order valence-corrected chi connectivity index (χ2v) is 5.93. The van der Waals surface area contributed by atoms with Crippen LogP contribution in [0.4, 0.5) is 11.4 Å². The van der Waals surface area contributed by atoms with Crippen molar-refractivity contribution in [2.75, 3.05) is 5.32 Å². The van der Waals surface area contributed by atoms with E-state index in [2.05, 4.69) is 5.32 Å². The first-order valence-corrected chi connectivity index (χ1v) is 8.11. The van der Waals surface area contributed by atoms with Gasteiger partial charge in [0.1, 0.15) is 17.0 Å². The Morgan fingerprint density at radius 1 is 1.19 bits per heavy atom. The van der Waals surface area contributed by atoms with Crippen LogP contribution in [0.15, 0.2) is 57.7 Å². The number of anilines is 1. The maximum atomic E-state index is 12.5. The number of para-hydroxylation sites is 1. The van der Waals surface area contributed by atoms with Gasteiger partial charge in [-0.2, -0.15) is 0 Å². The molecular formula is C19H16N2O6. The maximum absolute atomic E-state index is 12.5. The van der Waals surface area contributed by atoms with E-state index in [0.29, 0.717) is 5.75 Å². The number of hydrogen-bond acceptors (Lipinski definition) is 6. The van der Waals surface area contributed by atoms with Gasteiger partial charge >= 0.3 is 11.3 Å².